The van der Waals surface area contributed by atoms with Gasteiger partial charge in [-0.3, -0.25) is 14.5 Å². The third kappa shape index (κ3) is 4.47. The van der Waals surface area contributed by atoms with Gasteiger partial charge in [0.2, 0.25) is 5.91 Å². The number of carbonyl (C=O) groups excluding carboxylic acids is 2. The maximum Gasteiger partial charge on any atom is 0.266 e. The van der Waals surface area contributed by atoms with Gasteiger partial charge in [0, 0.05) is 6.04 Å². The van der Waals surface area contributed by atoms with E-state index in [0.29, 0.717) is 15.6 Å². The molecule has 0 saturated carbocycles. The van der Waals surface area contributed by atoms with Crippen LogP contribution in [-0.2, 0) is 19.4 Å². The minimum atomic E-state index is -3.07. The van der Waals surface area contributed by atoms with Crippen molar-refractivity contribution in [2.75, 3.05) is 18.1 Å². The van der Waals surface area contributed by atoms with Crippen LogP contribution < -0.4 is 5.32 Å². The minimum Gasteiger partial charge on any atom is -0.351 e. The second-order valence-corrected chi connectivity index (χ2v) is 9.75. The monoisotopic (exact) mass is 396 g/mol. The summed E-state index contributed by atoms with van der Waals surface area (Å²) in [6, 6.07) is 8.98. The summed E-state index contributed by atoms with van der Waals surface area (Å²) >= 11 is 6.35. The van der Waals surface area contributed by atoms with E-state index < -0.39 is 21.8 Å². The summed E-state index contributed by atoms with van der Waals surface area (Å²) in [5, 5.41) is 2.67. The first-order valence-corrected chi connectivity index (χ1v) is 10.7. The van der Waals surface area contributed by atoms with E-state index in [2.05, 4.69) is 5.32 Å². The van der Waals surface area contributed by atoms with Crippen molar-refractivity contribution >= 4 is 56.0 Å². The average Bonchev–Trinajstić information content (AvgIpc) is 3.02. The Hall–Kier alpha value is -1.71. The Morgan fingerprint density at radius 1 is 1.36 bits per heavy atom. The van der Waals surface area contributed by atoms with Crippen LogP contribution in [0.3, 0.4) is 0 Å². The lowest BCUT2D eigenvalue weighted by Crippen LogP contribution is -2.43. The van der Waals surface area contributed by atoms with Crippen molar-refractivity contribution < 1.29 is 18.0 Å². The first-order chi connectivity index (χ1) is 11.8. The number of thiocarbonyl (C=S) groups is 1. The Labute approximate surface area is 155 Å². The van der Waals surface area contributed by atoms with Gasteiger partial charge < -0.3 is 5.32 Å². The zero-order chi connectivity index (χ0) is 18.0. The molecule has 2 heterocycles. The summed E-state index contributed by atoms with van der Waals surface area (Å²) < 4.78 is 23.2. The molecule has 1 aromatic rings. The predicted molar refractivity (Wildman–Crippen MR) is 102 cm³/mol. The number of amides is 2. The molecule has 0 aromatic heterocycles. The molecule has 2 amide bonds. The summed E-state index contributed by atoms with van der Waals surface area (Å²) in [4.78, 5) is 26.3. The van der Waals surface area contributed by atoms with E-state index in [1.165, 1.54) is 4.90 Å². The SMILES string of the molecule is O=C(CN1C(=O)/C(=C\c2ccccc2)SC1=S)NC1CCS(=O)(=O)C1. The average molecular weight is 397 g/mol. The fourth-order valence-corrected chi connectivity index (χ4v) is 5.59. The van der Waals surface area contributed by atoms with E-state index in [4.69, 9.17) is 12.2 Å². The fraction of sp³-hybridized carbons (Fsp3) is 0.312. The lowest BCUT2D eigenvalue weighted by atomic mass is 10.2. The smallest absolute Gasteiger partial charge is 0.266 e. The Bertz CT molecular complexity index is 849. The molecule has 0 radical (unpaired) electrons. The maximum atomic E-state index is 12.5. The molecule has 3 rings (SSSR count). The van der Waals surface area contributed by atoms with Crippen LogP contribution in [-0.4, -0.2) is 53.5 Å². The lowest BCUT2D eigenvalue weighted by molar-refractivity contribution is -0.129. The van der Waals surface area contributed by atoms with Crippen LogP contribution in [0.2, 0.25) is 0 Å². The van der Waals surface area contributed by atoms with Gasteiger partial charge in [0.05, 0.1) is 16.4 Å². The molecule has 132 valence electrons. The molecular weight excluding hydrogens is 380 g/mol. The first-order valence-electron chi connectivity index (χ1n) is 7.64. The van der Waals surface area contributed by atoms with Crippen LogP contribution in [0.1, 0.15) is 12.0 Å². The number of hydrogen-bond acceptors (Lipinski definition) is 6. The summed E-state index contributed by atoms with van der Waals surface area (Å²) in [6.45, 7) is -0.201. The quantitative estimate of drug-likeness (QED) is 0.608. The maximum absolute atomic E-state index is 12.5. The number of hydrogen-bond donors (Lipinski definition) is 1. The van der Waals surface area contributed by atoms with Gasteiger partial charge >= 0.3 is 0 Å². The number of rotatable bonds is 4. The zero-order valence-electron chi connectivity index (χ0n) is 13.2. The van der Waals surface area contributed by atoms with E-state index >= 15 is 0 Å². The Balaban J connectivity index is 1.63. The zero-order valence-corrected chi connectivity index (χ0v) is 15.6. The summed E-state index contributed by atoms with van der Waals surface area (Å²) in [6.07, 6.45) is 2.14. The third-order valence-corrected chi connectivity index (χ3v) is 7.02. The number of nitrogens with zero attached hydrogens (tertiary/aromatic N) is 1. The van der Waals surface area contributed by atoms with E-state index in [0.717, 1.165) is 17.3 Å². The summed E-state index contributed by atoms with van der Waals surface area (Å²) in [5.74, 6) is -0.684. The fourth-order valence-electron chi connectivity index (χ4n) is 2.66. The predicted octanol–water partition coefficient (Wildman–Crippen LogP) is 1.19. The molecule has 1 aromatic carbocycles. The number of thioether (sulfide) groups is 1. The second kappa shape index (κ2) is 7.27. The molecule has 1 atom stereocenters. The van der Waals surface area contributed by atoms with Crippen LogP contribution in [0.25, 0.3) is 6.08 Å². The molecule has 25 heavy (non-hydrogen) atoms. The number of carbonyl (C=O) groups is 2. The van der Waals surface area contributed by atoms with E-state index in [-0.39, 0.29) is 24.0 Å². The molecule has 1 N–H and O–H groups in total. The molecular formula is C16H16N2O4S3. The van der Waals surface area contributed by atoms with Gasteiger partial charge in [-0.05, 0) is 18.1 Å². The number of benzene rings is 1. The summed E-state index contributed by atoms with van der Waals surface area (Å²) in [5.41, 5.74) is 0.878. The van der Waals surface area contributed by atoms with Crippen LogP contribution in [0.5, 0.6) is 0 Å². The normalized spacial score (nSPS) is 24.1. The molecule has 2 fully saturated rings. The molecule has 6 nitrogen and oxygen atoms in total. The van der Waals surface area contributed by atoms with Crippen molar-refractivity contribution in [2.24, 2.45) is 0 Å². The molecule has 2 aliphatic rings. The molecule has 1 unspecified atom stereocenters. The van der Waals surface area contributed by atoms with Crippen molar-refractivity contribution in [2.45, 2.75) is 12.5 Å². The van der Waals surface area contributed by atoms with Crippen LogP contribution in [0, 0.1) is 0 Å². The molecule has 9 heteroatoms. The van der Waals surface area contributed by atoms with Gasteiger partial charge in [0.25, 0.3) is 5.91 Å². The molecule has 2 aliphatic heterocycles. The highest BCUT2D eigenvalue weighted by molar-refractivity contribution is 8.26. The van der Waals surface area contributed by atoms with E-state index in [9.17, 15) is 18.0 Å². The van der Waals surface area contributed by atoms with Crippen LogP contribution in [0.15, 0.2) is 35.2 Å². The largest absolute Gasteiger partial charge is 0.351 e. The van der Waals surface area contributed by atoms with Crippen molar-refractivity contribution in [1.82, 2.24) is 10.2 Å². The van der Waals surface area contributed by atoms with Gasteiger partial charge in [-0.2, -0.15) is 0 Å². The van der Waals surface area contributed by atoms with Crippen molar-refractivity contribution in [3.63, 3.8) is 0 Å². The number of nitrogens with one attached hydrogen (secondary N) is 1. The van der Waals surface area contributed by atoms with Gasteiger partial charge in [0.15, 0.2) is 9.84 Å². The van der Waals surface area contributed by atoms with E-state index in [1.54, 1.807) is 6.08 Å². The minimum absolute atomic E-state index is 0.0506. The van der Waals surface area contributed by atoms with Gasteiger partial charge in [-0.15, -0.1) is 0 Å². The summed E-state index contributed by atoms with van der Waals surface area (Å²) in [7, 11) is -3.07. The molecule has 0 aliphatic carbocycles. The van der Waals surface area contributed by atoms with Crippen molar-refractivity contribution in [3.05, 3.63) is 40.8 Å². The van der Waals surface area contributed by atoms with Crippen LogP contribution in [0.4, 0.5) is 0 Å². The molecule has 0 bridgehead atoms. The Morgan fingerprint density at radius 3 is 2.72 bits per heavy atom. The van der Waals surface area contributed by atoms with Gasteiger partial charge in [-0.1, -0.05) is 54.3 Å². The highest BCUT2D eigenvalue weighted by Gasteiger charge is 2.35. The molecule has 0 spiro atoms. The van der Waals surface area contributed by atoms with Crippen molar-refractivity contribution in [3.8, 4) is 0 Å². The third-order valence-electron chi connectivity index (χ3n) is 3.87. The first kappa shape index (κ1) is 18.1. The second-order valence-electron chi connectivity index (χ2n) is 5.85. The Morgan fingerprint density at radius 2 is 2.08 bits per heavy atom. The topological polar surface area (TPSA) is 83.6 Å². The van der Waals surface area contributed by atoms with Crippen molar-refractivity contribution in [1.29, 1.82) is 0 Å². The van der Waals surface area contributed by atoms with E-state index in [1.807, 2.05) is 30.3 Å². The Kier molecular flexibility index (Phi) is 5.26. The highest BCUT2D eigenvalue weighted by atomic mass is 32.2. The standard InChI is InChI=1S/C16H16N2O4S3/c19-14(17-12-6-7-25(21,22)10-12)9-18-15(20)13(24-16(18)23)8-11-4-2-1-3-5-11/h1-5,8,12H,6-7,9-10H2,(H,17,19)/b13-8+. The highest BCUT2D eigenvalue weighted by Crippen LogP contribution is 2.32. The van der Waals surface area contributed by atoms with Crippen LogP contribution >= 0.6 is 24.0 Å². The van der Waals surface area contributed by atoms with Gasteiger partial charge in [0.1, 0.15) is 10.9 Å². The number of sulfone groups is 1. The lowest BCUT2D eigenvalue weighted by Gasteiger charge is -2.16. The molecule has 2 saturated heterocycles. The van der Waals surface area contributed by atoms with Gasteiger partial charge in [-0.25, -0.2) is 8.42 Å².